The maximum atomic E-state index is 6.50. The predicted octanol–water partition coefficient (Wildman–Crippen LogP) is 2.82. The van der Waals surface area contributed by atoms with E-state index in [1.165, 1.54) is 5.56 Å². The van der Waals surface area contributed by atoms with Gasteiger partial charge < -0.3 is 10.5 Å². The quantitative estimate of drug-likeness (QED) is 0.912. The van der Waals surface area contributed by atoms with Crippen molar-refractivity contribution in [2.45, 2.75) is 24.3 Å². The summed E-state index contributed by atoms with van der Waals surface area (Å²) in [5.74, 6) is 0.775. The summed E-state index contributed by atoms with van der Waals surface area (Å²) >= 11 is 0. The molecule has 1 fully saturated rings. The number of nitrogens with two attached hydrogens (primary N) is 1. The molecule has 3 rings (SSSR count). The topological polar surface area (TPSA) is 48.1 Å². The lowest BCUT2D eigenvalue weighted by Crippen LogP contribution is -2.27. The molecule has 0 amide bonds. The normalized spacial score (nSPS) is 17.8. The maximum absolute atomic E-state index is 6.50. The first-order chi connectivity index (χ1) is 9.28. The van der Waals surface area contributed by atoms with Crippen LogP contribution in [0.2, 0.25) is 0 Å². The van der Waals surface area contributed by atoms with Crippen LogP contribution < -0.4 is 10.5 Å². The van der Waals surface area contributed by atoms with E-state index in [1.807, 2.05) is 18.2 Å². The Morgan fingerprint density at radius 1 is 1.16 bits per heavy atom. The summed E-state index contributed by atoms with van der Waals surface area (Å²) < 4.78 is 5.38. The molecule has 1 atom stereocenters. The van der Waals surface area contributed by atoms with E-state index in [9.17, 15) is 0 Å². The molecule has 0 radical (unpaired) electrons. The van der Waals surface area contributed by atoms with Crippen molar-refractivity contribution in [1.82, 2.24) is 4.98 Å². The summed E-state index contributed by atoms with van der Waals surface area (Å²) in [4.78, 5) is 4.43. The molecular weight excluding hydrogens is 236 g/mol. The summed E-state index contributed by atoms with van der Waals surface area (Å²) in [6, 6.07) is 14.2. The van der Waals surface area contributed by atoms with Crippen LogP contribution in [0.4, 0.5) is 0 Å². The van der Waals surface area contributed by atoms with E-state index >= 15 is 0 Å². The molecule has 2 aromatic rings. The van der Waals surface area contributed by atoms with Gasteiger partial charge in [0.1, 0.15) is 5.75 Å². The smallest absolute Gasteiger partial charge is 0.142 e. The van der Waals surface area contributed by atoms with E-state index in [-0.39, 0.29) is 11.5 Å². The van der Waals surface area contributed by atoms with Crippen molar-refractivity contribution in [3.05, 3.63) is 59.9 Å². The van der Waals surface area contributed by atoms with Crippen molar-refractivity contribution >= 4 is 0 Å². The van der Waals surface area contributed by atoms with Gasteiger partial charge in [0.2, 0.25) is 0 Å². The molecule has 2 N–H and O–H groups in total. The molecule has 1 heterocycles. The molecule has 1 aromatic heterocycles. The van der Waals surface area contributed by atoms with Crippen molar-refractivity contribution in [3.63, 3.8) is 0 Å². The lowest BCUT2D eigenvalue weighted by molar-refractivity contribution is 0.393. The zero-order chi connectivity index (χ0) is 13.3. The first-order valence-corrected chi connectivity index (χ1v) is 6.58. The molecule has 1 aromatic carbocycles. The number of methoxy groups -OCH3 is 1. The van der Waals surface area contributed by atoms with Crippen LogP contribution in [0, 0.1) is 0 Å². The Bertz CT molecular complexity index is 564. The molecule has 3 nitrogen and oxygen atoms in total. The Hall–Kier alpha value is -1.87. The second-order valence-electron chi connectivity index (χ2n) is 5.09. The molecule has 98 valence electrons. The van der Waals surface area contributed by atoms with Crippen LogP contribution in [0.15, 0.2) is 48.7 Å². The number of hydrogen-bond donors (Lipinski definition) is 1. The van der Waals surface area contributed by atoms with E-state index < -0.39 is 0 Å². The van der Waals surface area contributed by atoms with Gasteiger partial charge in [0.25, 0.3) is 0 Å². The van der Waals surface area contributed by atoms with Gasteiger partial charge in [-0.15, -0.1) is 0 Å². The Balaban J connectivity index is 1.98. The van der Waals surface area contributed by atoms with Crippen LogP contribution in [0.5, 0.6) is 5.75 Å². The average Bonchev–Trinajstić information content (AvgIpc) is 3.29. The Morgan fingerprint density at radius 3 is 2.53 bits per heavy atom. The zero-order valence-corrected chi connectivity index (χ0v) is 11.0. The largest absolute Gasteiger partial charge is 0.495 e. The molecule has 1 saturated carbocycles. The summed E-state index contributed by atoms with van der Waals surface area (Å²) in [5.41, 5.74) is 8.69. The second-order valence-corrected chi connectivity index (χ2v) is 5.09. The SMILES string of the molecule is COc1cccnc1C(N)C1(c2ccccc2)CC1. The fourth-order valence-corrected chi connectivity index (χ4v) is 2.75. The fraction of sp³-hybridized carbons (Fsp3) is 0.312. The summed E-state index contributed by atoms with van der Waals surface area (Å²) in [5, 5.41) is 0. The molecule has 1 aliphatic carbocycles. The zero-order valence-electron chi connectivity index (χ0n) is 11.0. The van der Waals surface area contributed by atoms with Crippen LogP contribution in [0.3, 0.4) is 0 Å². The fourth-order valence-electron chi connectivity index (χ4n) is 2.75. The molecule has 0 saturated heterocycles. The lowest BCUT2D eigenvalue weighted by Gasteiger charge is -2.24. The van der Waals surface area contributed by atoms with Crippen molar-refractivity contribution in [1.29, 1.82) is 0 Å². The number of rotatable bonds is 4. The highest BCUT2D eigenvalue weighted by Crippen LogP contribution is 2.56. The van der Waals surface area contributed by atoms with Crippen molar-refractivity contribution in [2.75, 3.05) is 7.11 Å². The molecule has 19 heavy (non-hydrogen) atoms. The Morgan fingerprint density at radius 2 is 1.89 bits per heavy atom. The third-order valence-electron chi connectivity index (χ3n) is 4.05. The minimum absolute atomic E-state index is 0.0306. The molecule has 0 spiro atoms. The molecule has 1 unspecified atom stereocenters. The van der Waals surface area contributed by atoms with Gasteiger partial charge in [-0.1, -0.05) is 30.3 Å². The van der Waals surface area contributed by atoms with Gasteiger partial charge in [0.05, 0.1) is 18.8 Å². The summed E-state index contributed by atoms with van der Waals surface area (Å²) in [7, 11) is 1.66. The van der Waals surface area contributed by atoms with Gasteiger partial charge in [-0.2, -0.15) is 0 Å². The van der Waals surface area contributed by atoms with Crippen molar-refractivity contribution in [3.8, 4) is 5.75 Å². The van der Waals surface area contributed by atoms with Gasteiger partial charge in [-0.3, -0.25) is 4.98 Å². The van der Waals surface area contributed by atoms with E-state index in [1.54, 1.807) is 13.3 Å². The second kappa shape index (κ2) is 4.67. The third kappa shape index (κ3) is 2.00. The van der Waals surface area contributed by atoms with E-state index in [2.05, 4.69) is 29.2 Å². The minimum atomic E-state index is -0.119. The van der Waals surface area contributed by atoms with E-state index in [0.717, 1.165) is 24.3 Å². The summed E-state index contributed by atoms with van der Waals surface area (Å²) in [6.07, 6.45) is 3.99. The molecule has 0 bridgehead atoms. The molecule has 1 aliphatic rings. The number of nitrogens with zero attached hydrogens (tertiary/aromatic N) is 1. The van der Waals surface area contributed by atoms with Crippen molar-refractivity contribution in [2.24, 2.45) is 5.73 Å². The van der Waals surface area contributed by atoms with Gasteiger partial charge in [0.15, 0.2) is 0 Å². The monoisotopic (exact) mass is 254 g/mol. The van der Waals surface area contributed by atoms with Crippen molar-refractivity contribution < 1.29 is 4.74 Å². The van der Waals surface area contributed by atoms with E-state index in [0.29, 0.717) is 0 Å². The number of benzene rings is 1. The highest BCUT2D eigenvalue weighted by Gasteiger charge is 2.50. The Labute approximate surface area is 113 Å². The van der Waals surface area contributed by atoms with Gasteiger partial charge in [0, 0.05) is 11.6 Å². The third-order valence-corrected chi connectivity index (χ3v) is 4.05. The van der Waals surface area contributed by atoms with Gasteiger partial charge in [-0.25, -0.2) is 0 Å². The molecule has 3 heteroatoms. The maximum Gasteiger partial charge on any atom is 0.142 e. The summed E-state index contributed by atoms with van der Waals surface area (Å²) in [6.45, 7) is 0. The van der Waals surface area contributed by atoms with Crippen LogP contribution in [0.25, 0.3) is 0 Å². The molecular formula is C16H18N2O. The highest BCUT2D eigenvalue weighted by atomic mass is 16.5. The number of aromatic nitrogens is 1. The van der Waals surface area contributed by atoms with E-state index in [4.69, 9.17) is 10.5 Å². The standard InChI is InChI=1S/C16H18N2O/c1-19-13-8-5-11-18-14(13)15(17)16(9-10-16)12-6-3-2-4-7-12/h2-8,11,15H,9-10,17H2,1H3. The lowest BCUT2D eigenvalue weighted by atomic mass is 9.86. The highest BCUT2D eigenvalue weighted by molar-refractivity contribution is 5.40. The van der Waals surface area contributed by atoms with Crippen LogP contribution in [0.1, 0.15) is 30.1 Å². The van der Waals surface area contributed by atoms with Crippen LogP contribution in [-0.2, 0) is 5.41 Å². The first kappa shape index (κ1) is 12.2. The van der Waals surface area contributed by atoms with Gasteiger partial charge in [-0.05, 0) is 30.5 Å². The average molecular weight is 254 g/mol. The number of ether oxygens (including phenoxy) is 1. The van der Waals surface area contributed by atoms with Gasteiger partial charge >= 0.3 is 0 Å². The number of pyridine rings is 1. The molecule has 0 aliphatic heterocycles. The van der Waals surface area contributed by atoms with Crippen LogP contribution in [-0.4, -0.2) is 12.1 Å². The van der Waals surface area contributed by atoms with Crippen LogP contribution >= 0.6 is 0 Å². The number of hydrogen-bond acceptors (Lipinski definition) is 3. The predicted molar refractivity (Wildman–Crippen MR) is 75.1 cm³/mol. The Kier molecular flexibility index (Phi) is 2.99. The minimum Gasteiger partial charge on any atom is -0.495 e. The first-order valence-electron chi connectivity index (χ1n) is 6.58.